The van der Waals surface area contributed by atoms with Crippen molar-refractivity contribution < 1.29 is 10.2 Å². The number of fused-ring (bicyclic) bond motifs is 1. The number of aromatic nitrogens is 2. The van der Waals surface area contributed by atoms with E-state index in [0.29, 0.717) is 27.1 Å². The minimum atomic E-state index is -0.0971. The summed E-state index contributed by atoms with van der Waals surface area (Å²) in [6.45, 7) is 0. The highest BCUT2D eigenvalue weighted by atomic mass is 79.9. The van der Waals surface area contributed by atoms with Gasteiger partial charge in [-0.3, -0.25) is 4.99 Å². The Labute approximate surface area is 182 Å². The standard InChI is InChI=1S/C21H12Br2N4O2/c22-15-7-13(19(28)18(23)20(15)29)10-25-14-5-6-16-17(8-14)27-21(26-16)12-3-1-11(9-24)2-4-12/h1-8,10,28-29H,(H,26,27). The predicted octanol–water partition coefficient (Wildman–Crippen LogP) is 5.79. The molecule has 0 bridgehead atoms. The summed E-state index contributed by atoms with van der Waals surface area (Å²) in [5.41, 5.74) is 4.21. The normalized spacial score (nSPS) is 11.2. The van der Waals surface area contributed by atoms with Gasteiger partial charge in [-0.2, -0.15) is 5.26 Å². The molecule has 1 aromatic heterocycles. The number of nitriles is 1. The number of nitrogens with zero attached hydrogens (tertiary/aromatic N) is 3. The van der Waals surface area contributed by atoms with Crippen molar-refractivity contribution in [1.29, 1.82) is 5.26 Å². The van der Waals surface area contributed by atoms with E-state index in [4.69, 9.17) is 5.26 Å². The maximum Gasteiger partial charge on any atom is 0.147 e. The van der Waals surface area contributed by atoms with E-state index in [9.17, 15) is 10.2 Å². The van der Waals surface area contributed by atoms with Gasteiger partial charge in [0.1, 0.15) is 21.8 Å². The van der Waals surface area contributed by atoms with Crippen molar-refractivity contribution in [2.24, 2.45) is 4.99 Å². The predicted molar refractivity (Wildman–Crippen MR) is 119 cm³/mol. The van der Waals surface area contributed by atoms with Gasteiger partial charge >= 0.3 is 0 Å². The molecule has 8 heteroatoms. The molecule has 0 aliphatic heterocycles. The van der Waals surface area contributed by atoms with Gasteiger partial charge in [0.05, 0.1) is 32.8 Å². The van der Waals surface area contributed by atoms with E-state index in [1.165, 1.54) is 6.21 Å². The van der Waals surface area contributed by atoms with E-state index in [0.717, 1.165) is 16.6 Å². The topological polar surface area (TPSA) is 105 Å². The van der Waals surface area contributed by atoms with Crippen LogP contribution in [0.5, 0.6) is 11.5 Å². The number of hydrogen-bond acceptors (Lipinski definition) is 5. The van der Waals surface area contributed by atoms with Crippen LogP contribution in [0.3, 0.4) is 0 Å². The van der Waals surface area contributed by atoms with Gasteiger partial charge in [0, 0.05) is 17.3 Å². The summed E-state index contributed by atoms with van der Waals surface area (Å²) in [4.78, 5) is 12.2. The van der Waals surface area contributed by atoms with Crippen molar-refractivity contribution in [2.75, 3.05) is 0 Å². The van der Waals surface area contributed by atoms with Gasteiger partial charge < -0.3 is 15.2 Å². The zero-order valence-corrected chi connectivity index (χ0v) is 17.9. The Hall–Kier alpha value is -3.15. The van der Waals surface area contributed by atoms with Gasteiger partial charge in [-0.05, 0) is 80.4 Å². The molecule has 3 N–H and O–H groups in total. The van der Waals surface area contributed by atoms with Crippen molar-refractivity contribution in [3.63, 3.8) is 0 Å². The molecule has 3 aromatic carbocycles. The first kappa shape index (κ1) is 19.2. The molecule has 0 unspecified atom stereocenters. The fourth-order valence-corrected chi connectivity index (χ4v) is 3.93. The molecule has 142 valence electrons. The Balaban J connectivity index is 1.66. The molecule has 1 heterocycles. The summed E-state index contributed by atoms with van der Waals surface area (Å²) in [5.74, 6) is 0.531. The van der Waals surface area contributed by atoms with Gasteiger partial charge in [0.25, 0.3) is 0 Å². The summed E-state index contributed by atoms with van der Waals surface area (Å²) in [6, 6.07) is 16.4. The molecule has 4 rings (SSSR count). The van der Waals surface area contributed by atoms with Crippen molar-refractivity contribution in [1.82, 2.24) is 9.97 Å². The molecule has 6 nitrogen and oxygen atoms in total. The number of aromatic hydroxyl groups is 2. The number of nitrogens with one attached hydrogen (secondary N) is 1. The Morgan fingerprint density at radius 2 is 1.79 bits per heavy atom. The van der Waals surface area contributed by atoms with Gasteiger partial charge in [0.2, 0.25) is 0 Å². The molecule has 0 aliphatic rings. The van der Waals surface area contributed by atoms with Crippen molar-refractivity contribution in [2.45, 2.75) is 0 Å². The molecule has 0 fully saturated rings. The Morgan fingerprint density at radius 3 is 2.52 bits per heavy atom. The monoisotopic (exact) mass is 510 g/mol. The van der Waals surface area contributed by atoms with E-state index < -0.39 is 0 Å². The third-order valence-electron chi connectivity index (χ3n) is 4.30. The number of H-pyrrole nitrogens is 1. The minimum Gasteiger partial charge on any atom is -0.506 e. The molecule has 29 heavy (non-hydrogen) atoms. The number of phenols is 2. The van der Waals surface area contributed by atoms with E-state index in [2.05, 4.69) is 52.9 Å². The average molecular weight is 512 g/mol. The molecule has 0 saturated heterocycles. The van der Waals surface area contributed by atoms with Gasteiger partial charge in [-0.1, -0.05) is 0 Å². The first-order valence-electron chi connectivity index (χ1n) is 8.40. The van der Waals surface area contributed by atoms with Crippen LogP contribution in [-0.4, -0.2) is 26.4 Å². The summed E-state index contributed by atoms with van der Waals surface area (Å²) >= 11 is 6.39. The fraction of sp³-hybridized carbons (Fsp3) is 0. The molecule has 0 aliphatic carbocycles. The average Bonchev–Trinajstić information content (AvgIpc) is 3.17. The molecule has 0 radical (unpaired) electrons. The first-order chi connectivity index (χ1) is 14.0. The summed E-state index contributed by atoms with van der Waals surface area (Å²) < 4.78 is 0.643. The third-order valence-corrected chi connectivity index (χ3v) is 5.66. The lowest BCUT2D eigenvalue weighted by Gasteiger charge is -2.06. The maximum absolute atomic E-state index is 10.2. The maximum atomic E-state index is 10.2. The smallest absolute Gasteiger partial charge is 0.147 e. The van der Waals surface area contributed by atoms with Crippen LogP contribution in [0.25, 0.3) is 22.4 Å². The molecular formula is C21H12Br2N4O2. The van der Waals surface area contributed by atoms with Crippen molar-refractivity contribution >= 4 is 54.8 Å². The van der Waals surface area contributed by atoms with Gasteiger partial charge in [-0.25, -0.2) is 4.98 Å². The number of phenolic OH excluding ortho intramolecular Hbond substituents is 2. The highest BCUT2D eigenvalue weighted by molar-refractivity contribution is 9.11. The Bertz CT molecular complexity index is 1310. The number of hydrogen-bond donors (Lipinski definition) is 3. The summed E-state index contributed by atoms with van der Waals surface area (Å²) in [7, 11) is 0. The van der Waals surface area contributed by atoms with Crippen LogP contribution in [0, 0.1) is 11.3 Å². The lowest BCUT2D eigenvalue weighted by molar-refractivity contribution is 0.442. The third kappa shape index (κ3) is 3.75. The number of imidazole rings is 1. The van der Waals surface area contributed by atoms with E-state index >= 15 is 0 Å². The first-order valence-corrected chi connectivity index (χ1v) is 9.99. The van der Waals surface area contributed by atoms with Crippen LogP contribution in [0.15, 0.2) is 62.5 Å². The minimum absolute atomic E-state index is 0.0751. The van der Waals surface area contributed by atoms with E-state index in [1.54, 1.807) is 18.2 Å². The summed E-state index contributed by atoms with van der Waals surface area (Å²) in [6.07, 6.45) is 1.52. The van der Waals surface area contributed by atoms with Crippen LogP contribution in [-0.2, 0) is 0 Å². The zero-order chi connectivity index (χ0) is 20.5. The molecule has 0 spiro atoms. The lowest BCUT2D eigenvalue weighted by Crippen LogP contribution is -1.85. The Morgan fingerprint density at radius 1 is 1.03 bits per heavy atom. The second kappa shape index (κ2) is 7.70. The van der Waals surface area contributed by atoms with Crippen LogP contribution >= 0.6 is 31.9 Å². The van der Waals surface area contributed by atoms with E-state index in [1.807, 2.05) is 30.3 Å². The largest absolute Gasteiger partial charge is 0.506 e. The van der Waals surface area contributed by atoms with Crippen LogP contribution < -0.4 is 0 Å². The Kier molecular flexibility index (Phi) is 5.09. The van der Waals surface area contributed by atoms with Crippen LogP contribution in [0.4, 0.5) is 5.69 Å². The second-order valence-electron chi connectivity index (χ2n) is 6.19. The number of aromatic amines is 1. The molecule has 0 saturated carbocycles. The zero-order valence-electron chi connectivity index (χ0n) is 14.7. The number of rotatable bonds is 3. The van der Waals surface area contributed by atoms with Gasteiger partial charge in [-0.15, -0.1) is 0 Å². The fourth-order valence-electron chi connectivity index (χ4n) is 2.78. The summed E-state index contributed by atoms with van der Waals surface area (Å²) in [5, 5.41) is 28.9. The van der Waals surface area contributed by atoms with Crippen molar-refractivity contribution in [3.8, 4) is 29.0 Å². The lowest BCUT2D eigenvalue weighted by atomic mass is 10.1. The highest BCUT2D eigenvalue weighted by Gasteiger charge is 2.13. The van der Waals surface area contributed by atoms with Crippen molar-refractivity contribution in [3.05, 3.63) is 68.6 Å². The van der Waals surface area contributed by atoms with E-state index in [-0.39, 0.29) is 16.0 Å². The molecule has 4 aromatic rings. The molecule has 0 amide bonds. The molecule has 0 atom stereocenters. The number of aliphatic imine (C=N–C) groups is 1. The number of benzene rings is 3. The second-order valence-corrected chi connectivity index (χ2v) is 7.84. The quantitative estimate of drug-likeness (QED) is 0.303. The highest BCUT2D eigenvalue weighted by Crippen LogP contribution is 2.40. The van der Waals surface area contributed by atoms with Crippen LogP contribution in [0.1, 0.15) is 11.1 Å². The SMILES string of the molecule is N#Cc1ccc(-c2nc3ccc(N=Cc4cc(Br)c(O)c(Br)c4O)cc3[nH]2)cc1. The molecular weight excluding hydrogens is 500 g/mol. The number of halogens is 2. The van der Waals surface area contributed by atoms with Gasteiger partial charge in [0.15, 0.2) is 0 Å². The van der Waals surface area contributed by atoms with Crippen LogP contribution in [0.2, 0.25) is 0 Å².